The number of rotatable bonds is 7. The minimum absolute atomic E-state index is 0.0669. The predicted molar refractivity (Wildman–Crippen MR) is 78.7 cm³/mol. The van der Waals surface area contributed by atoms with Crippen LogP contribution < -0.4 is 0 Å². The molecule has 0 amide bonds. The SMILES string of the molecule is CC(C)(C)OCOC(=O)CCCC[C@@H]1CCSS1. The molecule has 1 atom stereocenters. The molecule has 1 heterocycles. The predicted octanol–water partition coefficient (Wildman–Crippen LogP) is 4.02. The Balaban J connectivity index is 1.93. The Kier molecular flexibility index (Phi) is 7.49. The van der Waals surface area contributed by atoms with E-state index < -0.39 is 0 Å². The molecule has 0 bridgehead atoms. The normalized spacial score (nSPS) is 20.1. The van der Waals surface area contributed by atoms with Gasteiger partial charge in [0.25, 0.3) is 0 Å². The number of carbonyl (C=O) groups is 1. The van der Waals surface area contributed by atoms with Crippen LogP contribution in [0.5, 0.6) is 0 Å². The highest BCUT2D eigenvalue weighted by Crippen LogP contribution is 2.39. The molecule has 0 radical (unpaired) electrons. The van der Waals surface area contributed by atoms with Crippen LogP contribution in [0.4, 0.5) is 0 Å². The van der Waals surface area contributed by atoms with Crippen LogP contribution in [0, 0.1) is 0 Å². The highest BCUT2D eigenvalue weighted by atomic mass is 33.1. The number of carbonyl (C=O) groups excluding carboxylic acids is 1. The van der Waals surface area contributed by atoms with Gasteiger partial charge in [0.1, 0.15) is 0 Å². The number of ether oxygens (including phenoxy) is 2. The summed E-state index contributed by atoms with van der Waals surface area (Å²) >= 11 is 0. The van der Waals surface area contributed by atoms with Crippen molar-refractivity contribution in [3.8, 4) is 0 Å². The van der Waals surface area contributed by atoms with E-state index in [2.05, 4.69) is 0 Å². The van der Waals surface area contributed by atoms with Gasteiger partial charge in [0.15, 0.2) is 6.79 Å². The molecule has 0 aliphatic carbocycles. The van der Waals surface area contributed by atoms with Crippen LogP contribution in [-0.2, 0) is 14.3 Å². The summed E-state index contributed by atoms with van der Waals surface area (Å²) in [6.45, 7) is 5.89. The number of esters is 1. The smallest absolute Gasteiger partial charge is 0.307 e. The van der Waals surface area contributed by atoms with Gasteiger partial charge in [-0.1, -0.05) is 28.0 Å². The maximum atomic E-state index is 11.4. The van der Waals surface area contributed by atoms with E-state index in [-0.39, 0.29) is 18.4 Å². The fourth-order valence-electron chi connectivity index (χ4n) is 1.55. The first-order valence-electron chi connectivity index (χ1n) is 6.55. The monoisotopic (exact) mass is 292 g/mol. The maximum Gasteiger partial charge on any atom is 0.307 e. The van der Waals surface area contributed by atoms with Crippen molar-refractivity contribution in [2.45, 2.75) is 63.7 Å². The van der Waals surface area contributed by atoms with E-state index in [0.717, 1.165) is 18.1 Å². The van der Waals surface area contributed by atoms with Crippen LogP contribution in [-0.4, -0.2) is 29.4 Å². The average molecular weight is 292 g/mol. The average Bonchev–Trinajstić information content (AvgIpc) is 2.75. The zero-order valence-electron chi connectivity index (χ0n) is 11.6. The third-order valence-corrected chi connectivity index (χ3v) is 5.60. The second-order valence-electron chi connectivity index (χ2n) is 5.47. The van der Waals surface area contributed by atoms with Gasteiger partial charge < -0.3 is 9.47 Å². The van der Waals surface area contributed by atoms with E-state index in [1.807, 2.05) is 42.4 Å². The zero-order chi connectivity index (χ0) is 13.4. The van der Waals surface area contributed by atoms with E-state index in [1.165, 1.54) is 18.6 Å². The van der Waals surface area contributed by atoms with Crippen LogP contribution in [0.1, 0.15) is 52.9 Å². The minimum atomic E-state index is -0.252. The van der Waals surface area contributed by atoms with E-state index >= 15 is 0 Å². The third kappa shape index (κ3) is 8.27. The highest BCUT2D eigenvalue weighted by molar-refractivity contribution is 8.77. The van der Waals surface area contributed by atoms with Gasteiger partial charge in [-0.25, -0.2) is 0 Å². The molecule has 0 spiro atoms. The molecule has 5 heteroatoms. The molecule has 106 valence electrons. The Bertz CT molecular complexity index is 245. The van der Waals surface area contributed by atoms with Crippen LogP contribution in [0.2, 0.25) is 0 Å². The van der Waals surface area contributed by atoms with Gasteiger partial charge in [-0.05, 0) is 40.0 Å². The molecule has 0 N–H and O–H groups in total. The van der Waals surface area contributed by atoms with Crippen molar-refractivity contribution in [3.63, 3.8) is 0 Å². The summed E-state index contributed by atoms with van der Waals surface area (Å²) in [6, 6.07) is 0. The lowest BCUT2D eigenvalue weighted by Crippen LogP contribution is -2.22. The van der Waals surface area contributed by atoms with Crippen molar-refractivity contribution >= 4 is 27.6 Å². The van der Waals surface area contributed by atoms with Gasteiger partial charge in [0.05, 0.1) is 5.60 Å². The van der Waals surface area contributed by atoms with Gasteiger partial charge in [0.2, 0.25) is 0 Å². The largest absolute Gasteiger partial charge is 0.438 e. The molecule has 0 saturated carbocycles. The standard InChI is InChI=1S/C13H24O3S2/c1-13(2,3)16-10-15-12(14)7-5-4-6-11-8-9-17-18-11/h11H,4-10H2,1-3H3/t11-/m1/s1. The second kappa shape index (κ2) is 8.33. The summed E-state index contributed by atoms with van der Waals surface area (Å²) < 4.78 is 10.4. The van der Waals surface area contributed by atoms with E-state index in [4.69, 9.17) is 9.47 Å². The third-order valence-electron chi connectivity index (χ3n) is 2.60. The van der Waals surface area contributed by atoms with Crippen LogP contribution in [0.15, 0.2) is 0 Å². The van der Waals surface area contributed by atoms with Gasteiger partial charge in [-0.3, -0.25) is 4.79 Å². The van der Waals surface area contributed by atoms with Crippen LogP contribution in [0.3, 0.4) is 0 Å². The molecule has 0 aromatic heterocycles. The van der Waals surface area contributed by atoms with Crippen molar-refractivity contribution in [3.05, 3.63) is 0 Å². The molecular formula is C13H24O3S2. The molecule has 1 aliphatic heterocycles. The molecular weight excluding hydrogens is 268 g/mol. The van der Waals surface area contributed by atoms with E-state index in [9.17, 15) is 4.79 Å². The topological polar surface area (TPSA) is 35.5 Å². The first-order chi connectivity index (χ1) is 8.47. The molecule has 0 aromatic carbocycles. The van der Waals surface area contributed by atoms with E-state index in [0.29, 0.717) is 6.42 Å². The Hall–Kier alpha value is 0.130. The zero-order valence-corrected chi connectivity index (χ0v) is 13.2. The molecule has 0 unspecified atom stereocenters. The van der Waals surface area contributed by atoms with Crippen molar-refractivity contribution in [1.29, 1.82) is 0 Å². The number of unbranched alkanes of at least 4 members (excludes halogenated alkanes) is 1. The second-order valence-corrected chi connectivity index (χ2v) is 8.25. The Morgan fingerprint density at radius 1 is 1.33 bits per heavy atom. The fraction of sp³-hybridized carbons (Fsp3) is 0.923. The molecule has 1 rings (SSSR count). The summed E-state index contributed by atoms with van der Waals surface area (Å²) in [5, 5.41) is 0.801. The van der Waals surface area contributed by atoms with Crippen molar-refractivity contribution in [2.75, 3.05) is 12.5 Å². The molecule has 18 heavy (non-hydrogen) atoms. The summed E-state index contributed by atoms with van der Waals surface area (Å²) in [5.74, 6) is 1.13. The fourth-order valence-corrected chi connectivity index (χ4v) is 4.58. The molecule has 1 saturated heterocycles. The Morgan fingerprint density at radius 2 is 2.11 bits per heavy atom. The highest BCUT2D eigenvalue weighted by Gasteiger charge is 2.16. The van der Waals surface area contributed by atoms with Gasteiger partial charge in [-0.15, -0.1) is 0 Å². The molecule has 1 aliphatic rings. The lowest BCUT2D eigenvalue weighted by Gasteiger charge is -2.18. The van der Waals surface area contributed by atoms with Crippen molar-refractivity contribution < 1.29 is 14.3 Å². The number of hydrogen-bond donors (Lipinski definition) is 0. The van der Waals surface area contributed by atoms with Crippen molar-refractivity contribution in [2.24, 2.45) is 0 Å². The lowest BCUT2D eigenvalue weighted by molar-refractivity contribution is -0.167. The molecule has 3 nitrogen and oxygen atoms in total. The molecule has 0 aromatic rings. The first-order valence-corrected chi connectivity index (χ1v) is 8.93. The van der Waals surface area contributed by atoms with Crippen molar-refractivity contribution in [1.82, 2.24) is 0 Å². The maximum absolute atomic E-state index is 11.4. The molecule has 1 fully saturated rings. The summed E-state index contributed by atoms with van der Waals surface area (Å²) in [6.07, 6.45) is 5.10. The van der Waals surface area contributed by atoms with Gasteiger partial charge >= 0.3 is 5.97 Å². The quantitative estimate of drug-likeness (QED) is 0.306. The van der Waals surface area contributed by atoms with Crippen LogP contribution in [0.25, 0.3) is 0 Å². The number of hydrogen-bond acceptors (Lipinski definition) is 5. The Morgan fingerprint density at radius 3 is 2.72 bits per heavy atom. The van der Waals surface area contributed by atoms with Gasteiger partial charge in [-0.2, -0.15) is 0 Å². The van der Waals surface area contributed by atoms with E-state index in [1.54, 1.807) is 0 Å². The lowest BCUT2D eigenvalue weighted by atomic mass is 10.1. The minimum Gasteiger partial charge on any atom is -0.438 e. The summed E-state index contributed by atoms with van der Waals surface area (Å²) in [7, 11) is 3.97. The summed E-state index contributed by atoms with van der Waals surface area (Å²) in [5.41, 5.74) is -0.252. The first kappa shape index (κ1) is 16.2. The Labute approximate surface area is 118 Å². The summed E-state index contributed by atoms with van der Waals surface area (Å²) in [4.78, 5) is 11.4. The van der Waals surface area contributed by atoms with Crippen LogP contribution >= 0.6 is 21.6 Å². The van der Waals surface area contributed by atoms with Gasteiger partial charge in [0, 0.05) is 17.4 Å².